The lowest BCUT2D eigenvalue weighted by Crippen LogP contribution is -2.16. The Balaban J connectivity index is 2.37. The molecule has 0 aliphatic carbocycles. The number of halogens is 2. The molecule has 6 nitrogen and oxygen atoms in total. The Morgan fingerprint density at radius 3 is 2.74 bits per heavy atom. The van der Waals surface area contributed by atoms with Crippen LogP contribution in [0.3, 0.4) is 0 Å². The van der Waals surface area contributed by atoms with Gasteiger partial charge in [0.05, 0.1) is 0 Å². The zero-order valence-electron chi connectivity index (χ0n) is 9.22. The fourth-order valence-corrected chi connectivity index (χ4v) is 2.49. The smallest absolute Gasteiger partial charge is 0.266 e. The molecule has 0 amide bonds. The molecule has 0 fully saturated rings. The van der Waals surface area contributed by atoms with Gasteiger partial charge in [0, 0.05) is 6.20 Å². The van der Waals surface area contributed by atoms with Gasteiger partial charge in [-0.05, 0) is 18.2 Å². The number of aromatic nitrogens is 2. The number of nitrogens with one attached hydrogen (secondary N) is 2. The molecule has 19 heavy (non-hydrogen) atoms. The zero-order valence-corrected chi connectivity index (χ0v) is 10.8. The van der Waals surface area contributed by atoms with Crippen LogP contribution in [0.4, 0.5) is 10.2 Å². The number of rotatable bonds is 3. The summed E-state index contributed by atoms with van der Waals surface area (Å²) in [5, 5.41) is -0.268. The molecule has 100 valence electrons. The number of hydrogen-bond acceptors (Lipinski definition) is 4. The first-order valence-corrected chi connectivity index (χ1v) is 6.78. The Bertz CT molecular complexity index is 776. The van der Waals surface area contributed by atoms with E-state index in [2.05, 4.69) is 14.7 Å². The molecule has 0 spiro atoms. The van der Waals surface area contributed by atoms with E-state index in [-0.39, 0.29) is 15.7 Å². The Hall–Kier alpha value is -1.93. The molecule has 0 aromatic carbocycles. The maximum Gasteiger partial charge on any atom is 0.266 e. The average molecular weight is 304 g/mol. The lowest BCUT2D eigenvalue weighted by molar-refractivity contribution is 0.584. The summed E-state index contributed by atoms with van der Waals surface area (Å²) in [5.41, 5.74) is -0.607. The van der Waals surface area contributed by atoms with E-state index >= 15 is 0 Å². The number of nitrogens with zero attached hydrogens (tertiary/aromatic N) is 1. The summed E-state index contributed by atoms with van der Waals surface area (Å²) < 4.78 is 38.8. The van der Waals surface area contributed by atoms with Gasteiger partial charge < -0.3 is 4.98 Å². The van der Waals surface area contributed by atoms with Gasteiger partial charge in [-0.3, -0.25) is 9.52 Å². The number of hydrogen-bond donors (Lipinski definition) is 2. The van der Waals surface area contributed by atoms with Gasteiger partial charge in [0.25, 0.3) is 15.6 Å². The highest BCUT2D eigenvalue weighted by atomic mass is 35.5. The van der Waals surface area contributed by atoms with E-state index < -0.39 is 21.5 Å². The molecule has 0 unspecified atom stereocenters. The van der Waals surface area contributed by atoms with E-state index in [1.165, 1.54) is 12.1 Å². The molecular formula is C10H7ClFN3O3S. The Kier molecular flexibility index (Phi) is 3.54. The summed E-state index contributed by atoms with van der Waals surface area (Å²) in [7, 11) is -4.00. The van der Waals surface area contributed by atoms with Crippen LogP contribution in [0.25, 0.3) is 0 Å². The van der Waals surface area contributed by atoms with E-state index in [1.54, 1.807) is 0 Å². The minimum absolute atomic E-state index is 0.178. The maximum absolute atomic E-state index is 12.8. The molecule has 2 heterocycles. The third-order valence-electron chi connectivity index (χ3n) is 2.10. The largest absolute Gasteiger partial charge is 0.326 e. The van der Waals surface area contributed by atoms with E-state index in [1.807, 2.05) is 0 Å². The summed E-state index contributed by atoms with van der Waals surface area (Å²) in [6.45, 7) is 0. The fourth-order valence-electron chi connectivity index (χ4n) is 1.25. The second-order valence-electron chi connectivity index (χ2n) is 3.46. The highest BCUT2D eigenvalue weighted by Gasteiger charge is 2.16. The monoisotopic (exact) mass is 303 g/mol. The summed E-state index contributed by atoms with van der Waals surface area (Å²) in [4.78, 5) is 16.3. The molecule has 0 atom stereocenters. The van der Waals surface area contributed by atoms with Crippen LogP contribution in [0, 0.1) is 5.95 Å². The number of sulfonamides is 1. The van der Waals surface area contributed by atoms with Gasteiger partial charge in [-0.25, -0.2) is 13.4 Å². The Labute approximate surface area is 112 Å². The molecule has 0 bridgehead atoms. The predicted octanol–water partition coefficient (Wildman–Crippen LogP) is 1.36. The first kappa shape index (κ1) is 13.5. The van der Waals surface area contributed by atoms with Crippen molar-refractivity contribution < 1.29 is 12.8 Å². The third-order valence-corrected chi connectivity index (χ3v) is 3.71. The van der Waals surface area contributed by atoms with Crippen LogP contribution in [0.5, 0.6) is 0 Å². The molecular weight excluding hydrogens is 297 g/mol. The minimum Gasteiger partial charge on any atom is -0.326 e. The average Bonchev–Trinajstić information content (AvgIpc) is 2.32. The molecule has 0 aliphatic rings. The van der Waals surface area contributed by atoms with Gasteiger partial charge in [0.2, 0.25) is 5.95 Å². The van der Waals surface area contributed by atoms with Crippen LogP contribution in [-0.2, 0) is 10.0 Å². The molecule has 2 aromatic heterocycles. The summed E-state index contributed by atoms with van der Waals surface area (Å²) in [6.07, 6.45) is 0.982. The fraction of sp³-hybridized carbons (Fsp3) is 0. The quantitative estimate of drug-likeness (QED) is 0.838. The van der Waals surface area contributed by atoms with Crippen molar-refractivity contribution in [1.82, 2.24) is 9.97 Å². The molecule has 2 N–H and O–H groups in total. The number of anilines is 1. The number of H-pyrrole nitrogens is 1. The lowest BCUT2D eigenvalue weighted by Gasteiger charge is -2.07. The SMILES string of the molecule is O=c1[nH]cc(S(=O)(=O)Nc2cccc(F)n2)cc1Cl. The van der Waals surface area contributed by atoms with Crippen LogP contribution >= 0.6 is 11.6 Å². The van der Waals surface area contributed by atoms with Crippen molar-refractivity contribution in [2.45, 2.75) is 4.90 Å². The van der Waals surface area contributed by atoms with Crippen molar-refractivity contribution in [2.24, 2.45) is 0 Å². The van der Waals surface area contributed by atoms with E-state index in [9.17, 15) is 17.6 Å². The van der Waals surface area contributed by atoms with Crippen LogP contribution in [0.15, 0.2) is 40.2 Å². The molecule has 0 saturated carbocycles. The first-order chi connectivity index (χ1) is 8.88. The summed E-state index contributed by atoms with van der Waals surface area (Å²) >= 11 is 5.54. The number of aromatic amines is 1. The van der Waals surface area contributed by atoms with Crippen LogP contribution in [0.2, 0.25) is 5.02 Å². The summed E-state index contributed by atoms with van der Waals surface area (Å²) in [5.74, 6) is -0.998. The summed E-state index contributed by atoms with van der Waals surface area (Å²) in [6, 6.07) is 4.66. The van der Waals surface area contributed by atoms with Crippen molar-refractivity contribution in [3.05, 3.63) is 51.8 Å². The highest BCUT2D eigenvalue weighted by molar-refractivity contribution is 7.92. The van der Waals surface area contributed by atoms with Gasteiger partial charge in [-0.15, -0.1) is 0 Å². The third kappa shape index (κ3) is 3.09. The second kappa shape index (κ2) is 4.98. The topological polar surface area (TPSA) is 91.9 Å². The van der Waals surface area contributed by atoms with Crippen molar-refractivity contribution in [3.63, 3.8) is 0 Å². The predicted molar refractivity (Wildman–Crippen MR) is 67.1 cm³/mol. The normalized spacial score (nSPS) is 11.3. The van der Waals surface area contributed by atoms with Gasteiger partial charge in [0.1, 0.15) is 15.7 Å². The Morgan fingerprint density at radius 2 is 2.11 bits per heavy atom. The molecule has 0 radical (unpaired) electrons. The molecule has 0 aliphatic heterocycles. The molecule has 2 aromatic rings. The van der Waals surface area contributed by atoms with Gasteiger partial charge in [-0.1, -0.05) is 17.7 Å². The standard InChI is InChI=1S/C10H7ClFN3O3S/c11-7-4-6(5-13-10(7)16)19(17,18)15-9-3-1-2-8(12)14-9/h1-5H,(H,13,16)(H,14,15). The maximum atomic E-state index is 12.8. The van der Waals surface area contributed by atoms with Crippen molar-refractivity contribution in [2.75, 3.05) is 4.72 Å². The Morgan fingerprint density at radius 1 is 1.37 bits per heavy atom. The first-order valence-electron chi connectivity index (χ1n) is 4.92. The van der Waals surface area contributed by atoms with Crippen molar-refractivity contribution >= 4 is 27.4 Å². The second-order valence-corrected chi connectivity index (χ2v) is 5.55. The van der Waals surface area contributed by atoms with E-state index in [4.69, 9.17) is 11.6 Å². The molecule has 2 rings (SSSR count). The molecule has 9 heteroatoms. The van der Waals surface area contributed by atoms with Crippen molar-refractivity contribution in [1.29, 1.82) is 0 Å². The van der Waals surface area contributed by atoms with E-state index in [0.29, 0.717) is 0 Å². The zero-order chi connectivity index (χ0) is 14.0. The lowest BCUT2D eigenvalue weighted by atomic mass is 10.5. The van der Waals surface area contributed by atoms with Gasteiger partial charge in [-0.2, -0.15) is 4.39 Å². The number of pyridine rings is 2. The van der Waals surface area contributed by atoms with Gasteiger partial charge >= 0.3 is 0 Å². The van der Waals surface area contributed by atoms with Crippen LogP contribution in [0.1, 0.15) is 0 Å². The minimum atomic E-state index is -4.00. The highest BCUT2D eigenvalue weighted by Crippen LogP contribution is 2.15. The van der Waals surface area contributed by atoms with Crippen LogP contribution in [-0.4, -0.2) is 18.4 Å². The van der Waals surface area contributed by atoms with Crippen molar-refractivity contribution in [3.8, 4) is 0 Å². The van der Waals surface area contributed by atoms with E-state index in [0.717, 1.165) is 18.3 Å². The van der Waals surface area contributed by atoms with Gasteiger partial charge in [0.15, 0.2) is 0 Å². The molecule has 0 saturated heterocycles. The van der Waals surface area contributed by atoms with Crippen LogP contribution < -0.4 is 10.3 Å².